The third kappa shape index (κ3) is 4.43. The summed E-state index contributed by atoms with van der Waals surface area (Å²) in [4.78, 5) is 13.1. The van der Waals surface area contributed by atoms with Crippen LogP contribution in [0.1, 0.15) is 0 Å². The number of piperazine rings is 1. The van der Waals surface area contributed by atoms with Crippen molar-refractivity contribution >= 4 is 34.4 Å². The van der Waals surface area contributed by atoms with Crippen LogP contribution < -0.4 is 26.0 Å². The number of halogens is 1. The van der Waals surface area contributed by atoms with Gasteiger partial charge < -0.3 is 15.5 Å². The zero-order chi connectivity index (χ0) is 23.3. The monoisotopic (exact) mass is 455 g/mol. The molecule has 4 aromatic rings. The first-order valence-corrected chi connectivity index (χ1v) is 11.2. The summed E-state index contributed by atoms with van der Waals surface area (Å²) in [6.07, 6.45) is 1.52. The minimum Gasteiger partial charge on any atom is -0.393 e. The lowest BCUT2D eigenvalue weighted by atomic mass is 10.2. The molecule has 7 nitrogen and oxygen atoms in total. The van der Waals surface area contributed by atoms with Gasteiger partial charge in [0.1, 0.15) is 17.8 Å². The van der Waals surface area contributed by atoms with Gasteiger partial charge in [-0.2, -0.15) is 0 Å². The van der Waals surface area contributed by atoms with Crippen molar-refractivity contribution in [3.05, 3.63) is 97.1 Å². The molecule has 0 unspecified atom stereocenters. The molecule has 0 aliphatic carbocycles. The van der Waals surface area contributed by atoms with E-state index < -0.39 is 0 Å². The van der Waals surface area contributed by atoms with Gasteiger partial charge in [-0.15, -0.1) is 0 Å². The largest absolute Gasteiger partial charge is 0.393 e. The summed E-state index contributed by atoms with van der Waals surface area (Å²) < 4.78 is 14.2. The molecule has 8 heteroatoms. The molecule has 0 saturated carbocycles. The van der Waals surface area contributed by atoms with Crippen LogP contribution in [0.5, 0.6) is 0 Å². The summed E-state index contributed by atoms with van der Waals surface area (Å²) in [5.74, 6) is 0.992. The van der Waals surface area contributed by atoms with E-state index in [1.807, 2.05) is 77.8 Å². The van der Waals surface area contributed by atoms with E-state index >= 15 is 0 Å². The molecular weight excluding hydrogens is 429 g/mol. The molecule has 1 aliphatic rings. The SMILES string of the molecule is Nc1c(NN(c2ccccc2)c2ccccc2)ncnc1N1CCN(c2ccccc2F)CC1. The molecule has 1 aliphatic heterocycles. The fourth-order valence-corrected chi connectivity index (χ4v) is 4.13. The van der Waals surface area contributed by atoms with Crippen molar-refractivity contribution in [2.75, 3.05) is 52.1 Å². The number of nitrogen functional groups attached to an aromatic ring is 1. The maximum atomic E-state index is 14.2. The smallest absolute Gasteiger partial charge is 0.173 e. The molecule has 1 aromatic heterocycles. The van der Waals surface area contributed by atoms with Gasteiger partial charge in [0.15, 0.2) is 11.6 Å². The van der Waals surface area contributed by atoms with Crippen molar-refractivity contribution in [3.63, 3.8) is 0 Å². The second kappa shape index (κ2) is 9.66. The molecule has 0 radical (unpaired) electrons. The Kier molecular flexibility index (Phi) is 6.11. The van der Waals surface area contributed by atoms with Crippen LogP contribution in [0.3, 0.4) is 0 Å². The standard InChI is InChI=1S/C26H26FN7/c27-22-13-7-8-14-23(22)32-15-17-33(18-16-32)26-24(28)25(29-19-30-26)31-34(20-9-3-1-4-10-20)21-11-5-2-6-12-21/h1-14,19H,15-18,28H2,(H,29,30,31). The second-order valence-corrected chi connectivity index (χ2v) is 8.00. The Hall–Kier alpha value is -4.33. The minimum absolute atomic E-state index is 0.203. The van der Waals surface area contributed by atoms with E-state index in [-0.39, 0.29) is 5.82 Å². The van der Waals surface area contributed by atoms with Gasteiger partial charge in [-0.3, -0.25) is 10.4 Å². The third-order valence-electron chi connectivity index (χ3n) is 5.88. The highest BCUT2D eigenvalue weighted by Gasteiger charge is 2.23. The predicted molar refractivity (Wildman–Crippen MR) is 136 cm³/mol. The van der Waals surface area contributed by atoms with Gasteiger partial charge in [0, 0.05) is 26.2 Å². The number of nitrogens with one attached hydrogen (secondary N) is 1. The van der Waals surface area contributed by atoms with Crippen molar-refractivity contribution in [3.8, 4) is 0 Å². The first-order valence-electron chi connectivity index (χ1n) is 11.2. The van der Waals surface area contributed by atoms with E-state index in [9.17, 15) is 4.39 Å². The lowest BCUT2D eigenvalue weighted by molar-refractivity contribution is 0.596. The molecule has 172 valence electrons. The number of benzene rings is 3. The quantitative estimate of drug-likeness (QED) is 0.409. The van der Waals surface area contributed by atoms with Gasteiger partial charge >= 0.3 is 0 Å². The average Bonchev–Trinajstić information content (AvgIpc) is 2.90. The van der Waals surface area contributed by atoms with Crippen molar-refractivity contribution in [1.82, 2.24) is 9.97 Å². The highest BCUT2D eigenvalue weighted by atomic mass is 19.1. The van der Waals surface area contributed by atoms with E-state index in [1.165, 1.54) is 12.4 Å². The summed E-state index contributed by atoms with van der Waals surface area (Å²) in [6, 6.07) is 26.8. The molecule has 5 rings (SSSR count). The fraction of sp³-hybridized carbons (Fsp3) is 0.154. The van der Waals surface area contributed by atoms with Crippen molar-refractivity contribution in [2.24, 2.45) is 0 Å². The number of nitrogens with zero attached hydrogens (tertiary/aromatic N) is 5. The Morgan fingerprint density at radius 2 is 1.29 bits per heavy atom. The Morgan fingerprint density at radius 3 is 1.91 bits per heavy atom. The van der Waals surface area contributed by atoms with Gasteiger partial charge in [0.2, 0.25) is 0 Å². The Morgan fingerprint density at radius 1 is 0.735 bits per heavy atom. The van der Waals surface area contributed by atoms with Crippen LogP contribution in [-0.4, -0.2) is 36.1 Å². The van der Waals surface area contributed by atoms with Crippen LogP contribution in [0.15, 0.2) is 91.3 Å². The predicted octanol–water partition coefficient (Wildman–Crippen LogP) is 4.69. The molecule has 3 N–H and O–H groups in total. The second-order valence-electron chi connectivity index (χ2n) is 8.00. The molecule has 0 bridgehead atoms. The Labute approximate surface area is 198 Å². The van der Waals surface area contributed by atoms with Crippen LogP contribution in [0.25, 0.3) is 0 Å². The molecule has 0 atom stereocenters. The lowest BCUT2D eigenvalue weighted by Crippen LogP contribution is -2.47. The van der Waals surface area contributed by atoms with Crippen LogP contribution >= 0.6 is 0 Å². The number of hydrogen-bond donors (Lipinski definition) is 2. The van der Waals surface area contributed by atoms with Gasteiger partial charge in [0.05, 0.1) is 17.1 Å². The normalized spacial score (nSPS) is 13.6. The Bertz CT molecular complexity index is 1190. The summed E-state index contributed by atoms with van der Waals surface area (Å²) >= 11 is 0. The topological polar surface area (TPSA) is 73.5 Å². The molecular formula is C26H26FN7. The van der Waals surface area contributed by atoms with Crippen molar-refractivity contribution in [1.29, 1.82) is 0 Å². The fourth-order valence-electron chi connectivity index (χ4n) is 4.13. The highest BCUT2D eigenvalue weighted by Crippen LogP contribution is 2.31. The first-order chi connectivity index (χ1) is 16.7. The number of rotatable bonds is 6. The van der Waals surface area contributed by atoms with Gasteiger partial charge in [-0.05, 0) is 36.4 Å². The number of nitrogens with two attached hydrogens (primary N) is 1. The number of aromatic nitrogens is 2. The van der Waals surface area contributed by atoms with Gasteiger partial charge in [-0.1, -0.05) is 48.5 Å². The minimum atomic E-state index is -0.203. The zero-order valence-corrected chi connectivity index (χ0v) is 18.7. The molecule has 2 heterocycles. The van der Waals surface area contributed by atoms with Gasteiger partial charge in [0.25, 0.3) is 0 Å². The van der Waals surface area contributed by atoms with E-state index in [0.29, 0.717) is 49.2 Å². The summed E-state index contributed by atoms with van der Waals surface area (Å²) in [7, 11) is 0. The van der Waals surface area contributed by atoms with E-state index in [2.05, 4.69) is 25.2 Å². The lowest BCUT2D eigenvalue weighted by Gasteiger charge is -2.37. The average molecular weight is 456 g/mol. The Balaban J connectivity index is 1.37. The number of hydrogen-bond acceptors (Lipinski definition) is 7. The highest BCUT2D eigenvalue weighted by molar-refractivity contribution is 5.78. The van der Waals surface area contributed by atoms with Crippen LogP contribution in [-0.2, 0) is 0 Å². The summed E-state index contributed by atoms with van der Waals surface area (Å²) in [5.41, 5.74) is 12.9. The third-order valence-corrected chi connectivity index (χ3v) is 5.88. The van der Waals surface area contributed by atoms with E-state index in [1.54, 1.807) is 6.07 Å². The molecule has 0 spiro atoms. The zero-order valence-electron chi connectivity index (χ0n) is 18.7. The molecule has 1 fully saturated rings. The van der Waals surface area contributed by atoms with E-state index in [0.717, 1.165) is 11.4 Å². The number of hydrazine groups is 1. The van der Waals surface area contributed by atoms with E-state index in [4.69, 9.17) is 5.73 Å². The van der Waals surface area contributed by atoms with Crippen LogP contribution in [0.4, 0.5) is 38.8 Å². The molecule has 1 saturated heterocycles. The summed E-state index contributed by atoms with van der Waals surface area (Å²) in [6.45, 7) is 2.70. The molecule has 34 heavy (non-hydrogen) atoms. The molecule has 0 amide bonds. The number of anilines is 6. The summed E-state index contributed by atoms with van der Waals surface area (Å²) in [5, 5.41) is 1.94. The van der Waals surface area contributed by atoms with Crippen LogP contribution in [0.2, 0.25) is 0 Å². The molecule has 3 aromatic carbocycles. The van der Waals surface area contributed by atoms with Crippen molar-refractivity contribution < 1.29 is 4.39 Å². The number of para-hydroxylation sites is 3. The maximum absolute atomic E-state index is 14.2. The maximum Gasteiger partial charge on any atom is 0.173 e. The van der Waals surface area contributed by atoms with Crippen molar-refractivity contribution in [2.45, 2.75) is 0 Å². The van der Waals surface area contributed by atoms with Crippen LogP contribution in [0, 0.1) is 5.82 Å². The van der Waals surface area contributed by atoms with Gasteiger partial charge in [-0.25, -0.2) is 14.4 Å². The first kappa shape index (κ1) is 21.5.